The predicted molar refractivity (Wildman–Crippen MR) is 114 cm³/mol. The van der Waals surface area contributed by atoms with Crippen LogP contribution in [0.2, 0.25) is 0 Å². The van der Waals surface area contributed by atoms with Crippen molar-refractivity contribution in [1.82, 2.24) is 24.3 Å². The monoisotopic (exact) mass is 460 g/mol. The van der Waals surface area contributed by atoms with E-state index in [4.69, 9.17) is 4.74 Å². The van der Waals surface area contributed by atoms with Crippen molar-refractivity contribution in [2.45, 2.75) is 13.1 Å². The highest BCUT2D eigenvalue weighted by Crippen LogP contribution is 2.39. The number of benzene rings is 2. The Hall–Kier alpha value is -3.89. The molecule has 0 bridgehead atoms. The van der Waals surface area contributed by atoms with Gasteiger partial charge in [0.2, 0.25) is 5.95 Å². The van der Waals surface area contributed by atoms with Gasteiger partial charge in [0.25, 0.3) is 0 Å². The molecule has 2 aromatic heterocycles. The zero-order valence-electron chi connectivity index (χ0n) is 18.2. The molecule has 0 fully saturated rings. The third-order valence-electron chi connectivity index (χ3n) is 5.11. The number of alkyl halides is 3. The van der Waals surface area contributed by atoms with Gasteiger partial charge >= 0.3 is 6.18 Å². The molecule has 0 atom stereocenters. The fraction of sp³-hybridized carbons (Fsp3) is 0.227. The van der Waals surface area contributed by atoms with Crippen molar-refractivity contribution in [2.24, 2.45) is 7.05 Å². The van der Waals surface area contributed by atoms with Gasteiger partial charge in [0.15, 0.2) is 5.82 Å². The number of hydrogen-bond acceptors (Lipinski definition) is 5. The van der Waals surface area contributed by atoms with Gasteiger partial charge in [0.1, 0.15) is 11.6 Å². The lowest BCUT2D eigenvalue weighted by atomic mass is 10.1. The summed E-state index contributed by atoms with van der Waals surface area (Å²) in [5, 5.41) is 4.26. The van der Waals surface area contributed by atoms with E-state index in [1.165, 1.54) is 23.7 Å². The van der Waals surface area contributed by atoms with Crippen molar-refractivity contribution in [3.63, 3.8) is 0 Å². The van der Waals surface area contributed by atoms with Gasteiger partial charge in [-0.15, -0.1) is 5.10 Å². The molecule has 4 aromatic rings. The van der Waals surface area contributed by atoms with Crippen LogP contribution in [0.3, 0.4) is 0 Å². The number of aromatic nitrogens is 5. The molecule has 0 spiro atoms. The number of methoxy groups -OCH3 is 1. The summed E-state index contributed by atoms with van der Waals surface area (Å²) in [5.41, 5.74) is 0.894. The maximum atomic E-state index is 13.5. The van der Waals surface area contributed by atoms with Crippen LogP contribution < -0.4 is 9.64 Å². The normalized spacial score (nSPS) is 11.6. The van der Waals surface area contributed by atoms with Gasteiger partial charge in [0.05, 0.1) is 36.1 Å². The van der Waals surface area contributed by atoms with Crippen molar-refractivity contribution < 1.29 is 22.3 Å². The van der Waals surface area contributed by atoms with Gasteiger partial charge in [-0.2, -0.15) is 18.2 Å². The van der Waals surface area contributed by atoms with Crippen LogP contribution in [0.15, 0.2) is 48.9 Å². The zero-order valence-corrected chi connectivity index (χ0v) is 18.2. The van der Waals surface area contributed by atoms with Gasteiger partial charge < -0.3 is 14.2 Å². The number of aryl methyl sites for hydroxylation is 2. The average Bonchev–Trinajstić information content (AvgIpc) is 3.37. The number of anilines is 2. The van der Waals surface area contributed by atoms with Gasteiger partial charge in [-0.25, -0.2) is 14.1 Å². The Morgan fingerprint density at radius 3 is 2.48 bits per heavy atom. The lowest BCUT2D eigenvalue weighted by Crippen LogP contribution is -2.18. The van der Waals surface area contributed by atoms with Crippen LogP contribution in [0.4, 0.5) is 29.2 Å². The van der Waals surface area contributed by atoms with E-state index in [2.05, 4.69) is 15.1 Å². The van der Waals surface area contributed by atoms with Gasteiger partial charge in [0, 0.05) is 25.9 Å². The molecule has 2 aromatic carbocycles. The SMILES string of the molecule is COc1cc(-c2nc(N(C)c3ccc(F)cc3C(F)(F)F)nn2C)ccc1-n1cnc(C)c1. The number of hydrogen-bond donors (Lipinski definition) is 0. The molecule has 0 saturated heterocycles. The van der Waals surface area contributed by atoms with Crippen molar-refractivity contribution in [1.29, 1.82) is 0 Å². The Balaban J connectivity index is 1.73. The Kier molecular flexibility index (Phi) is 5.56. The lowest BCUT2D eigenvalue weighted by Gasteiger charge is -2.20. The lowest BCUT2D eigenvalue weighted by molar-refractivity contribution is -0.137. The topological polar surface area (TPSA) is 61.0 Å². The fourth-order valence-corrected chi connectivity index (χ4v) is 3.48. The van der Waals surface area contributed by atoms with Crippen LogP contribution in [0.1, 0.15) is 11.3 Å². The van der Waals surface area contributed by atoms with Crippen LogP contribution in [0, 0.1) is 12.7 Å². The largest absolute Gasteiger partial charge is 0.495 e. The average molecular weight is 460 g/mol. The quantitative estimate of drug-likeness (QED) is 0.396. The van der Waals surface area contributed by atoms with E-state index in [9.17, 15) is 17.6 Å². The number of nitrogens with zero attached hydrogens (tertiary/aromatic N) is 6. The summed E-state index contributed by atoms with van der Waals surface area (Å²) in [4.78, 5) is 9.81. The molecule has 11 heteroatoms. The molecule has 0 radical (unpaired) electrons. The first kappa shape index (κ1) is 22.3. The standard InChI is InChI=1S/C22H20F4N6O/c1-13-11-32(12-27-13)18-7-5-14(9-19(18)33-4)20-28-21(29-31(20)3)30(2)17-8-6-15(23)10-16(17)22(24,25)26/h5-12H,1-4H3. The van der Waals surface area contributed by atoms with E-state index in [1.807, 2.05) is 23.8 Å². The van der Waals surface area contributed by atoms with Crippen LogP contribution >= 0.6 is 0 Å². The number of imidazole rings is 1. The molecule has 0 saturated carbocycles. The van der Waals surface area contributed by atoms with Crippen molar-refractivity contribution in [3.05, 3.63) is 66.0 Å². The summed E-state index contributed by atoms with van der Waals surface area (Å²) in [6.45, 7) is 1.88. The molecule has 33 heavy (non-hydrogen) atoms. The van der Waals surface area contributed by atoms with E-state index in [-0.39, 0.29) is 11.6 Å². The molecule has 0 aliphatic rings. The van der Waals surface area contributed by atoms with Crippen LogP contribution in [-0.2, 0) is 13.2 Å². The molecule has 0 aliphatic heterocycles. The van der Waals surface area contributed by atoms with E-state index in [1.54, 1.807) is 25.5 Å². The molecule has 4 rings (SSSR count). The molecule has 172 valence electrons. The molecule has 0 aliphatic carbocycles. The van der Waals surface area contributed by atoms with Crippen molar-refractivity contribution >= 4 is 11.6 Å². The smallest absolute Gasteiger partial charge is 0.418 e. The summed E-state index contributed by atoms with van der Waals surface area (Å²) in [7, 11) is 4.57. The Morgan fingerprint density at radius 1 is 1.09 bits per heavy atom. The first-order chi connectivity index (χ1) is 15.6. The maximum absolute atomic E-state index is 13.5. The third kappa shape index (κ3) is 4.26. The summed E-state index contributed by atoms with van der Waals surface area (Å²) in [6, 6.07) is 7.87. The minimum absolute atomic E-state index is 0.0258. The molecule has 0 amide bonds. The van der Waals surface area contributed by atoms with E-state index >= 15 is 0 Å². The van der Waals surface area contributed by atoms with Gasteiger partial charge in [-0.3, -0.25) is 0 Å². The first-order valence-electron chi connectivity index (χ1n) is 9.79. The summed E-state index contributed by atoms with van der Waals surface area (Å²) in [5.74, 6) is 0.0205. The van der Waals surface area contributed by atoms with E-state index in [0.29, 0.717) is 23.2 Å². The second-order valence-electron chi connectivity index (χ2n) is 7.39. The van der Waals surface area contributed by atoms with E-state index < -0.39 is 17.6 Å². The molecule has 7 nitrogen and oxygen atoms in total. The highest BCUT2D eigenvalue weighted by molar-refractivity contribution is 5.67. The van der Waals surface area contributed by atoms with Crippen LogP contribution in [-0.4, -0.2) is 38.5 Å². The zero-order chi connectivity index (χ0) is 23.9. The molecular weight excluding hydrogens is 440 g/mol. The second-order valence-corrected chi connectivity index (χ2v) is 7.39. The fourth-order valence-electron chi connectivity index (χ4n) is 3.48. The van der Waals surface area contributed by atoms with Gasteiger partial charge in [-0.05, 0) is 43.3 Å². The third-order valence-corrected chi connectivity index (χ3v) is 5.11. The Morgan fingerprint density at radius 2 is 1.85 bits per heavy atom. The second kappa shape index (κ2) is 8.23. The minimum atomic E-state index is -4.74. The molecule has 0 N–H and O–H groups in total. The molecule has 0 unspecified atom stereocenters. The maximum Gasteiger partial charge on any atom is 0.418 e. The Bertz CT molecular complexity index is 1310. The number of ether oxygens (including phenoxy) is 1. The summed E-state index contributed by atoms with van der Waals surface area (Å²) >= 11 is 0. The summed E-state index contributed by atoms with van der Waals surface area (Å²) in [6.07, 6.45) is -1.21. The van der Waals surface area contributed by atoms with E-state index in [0.717, 1.165) is 23.5 Å². The number of rotatable bonds is 5. The van der Waals surface area contributed by atoms with Gasteiger partial charge in [-0.1, -0.05) is 0 Å². The number of halogens is 4. The highest BCUT2D eigenvalue weighted by Gasteiger charge is 2.35. The Labute approximate surface area is 186 Å². The molecule has 2 heterocycles. The summed E-state index contributed by atoms with van der Waals surface area (Å²) < 4.78 is 62.7. The van der Waals surface area contributed by atoms with Crippen LogP contribution in [0.5, 0.6) is 5.75 Å². The van der Waals surface area contributed by atoms with Crippen molar-refractivity contribution in [3.8, 4) is 22.8 Å². The molecular formula is C22H20F4N6O. The van der Waals surface area contributed by atoms with Crippen molar-refractivity contribution in [2.75, 3.05) is 19.1 Å². The first-order valence-corrected chi connectivity index (χ1v) is 9.79. The minimum Gasteiger partial charge on any atom is -0.495 e. The predicted octanol–water partition coefficient (Wildman–Crippen LogP) is 4.91. The highest BCUT2D eigenvalue weighted by atomic mass is 19.4. The van der Waals surface area contributed by atoms with Crippen LogP contribution in [0.25, 0.3) is 17.1 Å².